The first-order valence-corrected chi connectivity index (χ1v) is 6.88. The second-order valence-corrected chi connectivity index (χ2v) is 4.50. The third kappa shape index (κ3) is 5.33. The fraction of sp³-hybridized carbons (Fsp3) is 0.923. The first kappa shape index (κ1) is 15.4. The van der Waals surface area contributed by atoms with Gasteiger partial charge in [-0.3, -0.25) is 9.69 Å². The van der Waals surface area contributed by atoms with Crippen LogP contribution in [0.2, 0.25) is 0 Å². The molecule has 0 aromatic heterocycles. The van der Waals surface area contributed by atoms with Crippen LogP contribution in [0.15, 0.2) is 0 Å². The standard InChI is InChI=1S/C13H26N2O3/c1-4-17-13(18-5-2)11-14-7-6-8-15(10-9-14)12(3)16/h13H,4-11H2,1-3H3. The van der Waals surface area contributed by atoms with Gasteiger partial charge < -0.3 is 14.4 Å². The van der Waals surface area contributed by atoms with Crippen molar-refractivity contribution >= 4 is 5.91 Å². The monoisotopic (exact) mass is 258 g/mol. The lowest BCUT2D eigenvalue weighted by Gasteiger charge is -2.26. The van der Waals surface area contributed by atoms with Crippen molar-refractivity contribution in [1.29, 1.82) is 0 Å². The Labute approximate surface area is 110 Å². The first-order chi connectivity index (χ1) is 8.67. The maximum atomic E-state index is 11.3. The van der Waals surface area contributed by atoms with E-state index in [-0.39, 0.29) is 12.2 Å². The van der Waals surface area contributed by atoms with E-state index in [9.17, 15) is 4.79 Å². The zero-order chi connectivity index (χ0) is 13.4. The molecule has 18 heavy (non-hydrogen) atoms. The molecule has 0 radical (unpaired) electrons. The Kier molecular flexibility index (Phi) is 7.23. The molecule has 0 saturated carbocycles. The average Bonchev–Trinajstić information content (AvgIpc) is 2.55. The summed E-state index contributed by atoms with van der Waals surface area (Å²) in [7, 11) is 0. The van der Waals surface area contributed by atoms with Crippen molar-refractivity contribution in [2.75, 3.05) is 45.9 Å². The number of carbonyl (C=O) groups excluding carboxylic acids is 1. The summed E-state index contributed by atoms with van der Waals surface area (Å²) in [6.07, 6.45) is 0.869. The van der Waals surface area contributed by atoms with Crippen LogP contribution in [0.1, 0.15) is 27.2 Å². The van der Waals surface area contributed by atoms with Crippen molar-refractivity contribution in [2.24, 2.45) is 0 Å². The third-order valence-electron chi connectivity index (χ3n) is 3.15. The van der Waals surface area contributed by atoms with Gasteiger partial charge in [-0.25, -0.2) is 0 Å². The van der Waals surface area contributed by atoms with Crippen LogP contribution in [-0.2, 0) is 14.3 Å². The molecule has 0 aromatic rings. The van der Waals surface area contributed by atoms with Gasteiger partial charge in [0.2, 0.25) is 5.91 Å². The van der Waals surface area contributed by atoms with Crippen molar-refractivity contribution in [3.63, 3.8) is 0 Å². The summed E-state index contributed by atoms with van der Waals surface area (Å²) in [4.78, 5) is 15.6. The van der Waals surface area contributed by atoms with Crippen molar-refractivity contribution < 1.29 is 14.3 Å². The van der Waals surface area contributed by atoms with E-state index in [2.05, 4.69) is 4.90 Å². The lowest BCUT2D eigenvalue weighted by molar-refractivity contribution is -0.146. The van der Waals surface area contributed by atoms with Gasteiger partial charge in [-0.05, 0) is 20.3 Å². The second-order valence-electron chi connectivity index (χ2n) is 4.50. The second kappa shape index (κ2) is 8.45. The molecule has 0 N–H and O–H groups in total. The SMILES string of the molecule is CCOC(CN1CCCN(C(C)=O)CC1)OCC. The normalized spacial score (nSPS) is 18.1. The zero-order valence-corrected chi connectivity index (χ0v) is 11.9. The fourth-order valence-electron chi connectivity index (χ4n) is 2.20. The van der Waals surface area contributed by atoms with Crippen molar-refractivity contribution in [1.82, 2.24) is 9.80 Å². The van der Waals surface area contributed by atoms with Gasteiger partial charge in [-0.2, -0.15) is 0 Å². The lowest BCUT2D eigenvalue weighted by atomic mass is 10.3. The topological polar surface area (TPSA) is 42.0 Å². The number of hydrogen-bond donors (Lipinski definition) is 0. The maximum absolute atomic E-state index is 11.3. The Morgan fingerprint density at radius 1 is 1.11 bits per heavy atom. The largest absolute Gasteiger partial charge is 0.352 e. The number of amides is 1. The molecule has 0 unspecified atom stereocenters. The molecule has 1 rings (SSSR count). The Balaban J connectivity index is 2.39. The Morgan fingerprint density at radius 2 is 1.78 bits per heavy atom. The Bertz CT molecular complexity index is 242. The van der Waals surface area contributed by atoms with E-state index in [4.69, 9.17) is 9.47 Å². The summed E-state index contributed by atoms with van der Waals surface area (Å²) in [5.74, 6) is 0.169. The number of carbonyl (C=O) groups is 1. The van der Waals surface area contributed by atoms with Gasteiger partial charge in [-0.1, -0.05) is 0 Å². The molecular formula is C13H26N2O3. The van der Waals surface area contributed by atoms with Crippen LogP contribution in [-0.4, -0.2) is 67.9 Å². The predicted octanol–water partition coefficient (Wildman–Crippen LogP) is 0.940. The molecule has 5 heteroatoms. The van der Waals surface area contributed by atoms with Gasteiger partial charge in [0.15, 0.2) is 6.29 Å². The number of hydrogen-bond acceptors (Lipinski definition) is 4. The summed E-state index contributed by atoms with van der Waals surface area (Å²) < 4.78 is 11.1. The summed E-state index contributed by atoms with van der Waals surface area (Å²) >= 11 is 0. The van der Waals surface area contributed by atoms with E-state index in [0.717, 1.165) is 39.1 Å². The molecule has 1 aliphatic heterocycles. The molecule has 1 saturated heterocycles. The molecule has 0 bridgehead atoms. The van der Waals surface area contributed by atoms with Crippen LogP contribution in [0, 0.1) is 0 Å². The van der Waals surface area contributed by atoms with Crippen LogP contribution in [0.5, 0.6) is 0 Å². The maximum Gasteiger partial charge on any atom is 0.219 e. The third-order valence-corrected chi connectivity index (χ3v) is 3.15. The molecule has 1 amide bonds. The number of nitrogens with zero attached hydrogens (tertiary/aromatic N) is 2. The minimum absolute atomic E-state index is 0.149. The molecule has 1 heterocycles. The van der Waals surface area contributed by atoms with E-state index in [0.29, 0.717) is 13.2 Å². The van der Waals surface area contributed by atoms with E-state index in [1.807, 2.05) is 18.7 Å². The highest BCUT2D eigenvalue weighted by atomic mass is 16.7. The van der Waals surface area contributed by atoms with Gasteiger partial charge in [0.25, 0.3) is 0 Å². The van der Waals surface area contributed by atoms with Crippen molar-refractivity contribution in [2.45, 2.75) is 33.5 Å². The van der Waals surface area contributed by atoms with Crippen LogP contribution in [0.4, 0.5) is 0 Å². The van der Waals surface area contributed by atoms with Crippen molar-refractivity contribution in [3.8, 4) is 0 Å². The molecular weight excluding hydrogens is 232 g/mol. The van der Waals surface area contributed by atoms with Gasteiger partial charge in [0.05, 0.1) is 0 Å². The summed E-state index contributed by atoms with van der Waals surface area (Å²) in [6, 6.07) is 0. The minimum Gasteiger partial charge on any atom is -0.352 e. The number of rotatable bonds is 6. The molecule has 1 fully saturated rings. The van der Waals surface area contributed by atoms with Gasteiger partial charge in [0.1, 0.15) is 0 Å². The van der Waals surface area contributed by atoms with Crippen LogP contribution in [0.3, 0.4) is 0 Å². The smallest absolute Gasteiger partial charge is 0.219 e. The van der Waals surface area contributed by atoms with Gasteiger partial charge in [0, 0.05) is 52.9 Å². The average molecular weight is 258 g/mol. The van der Waals surface area contributed by atoms with Gasteiger partial charge in [-0.15, -0.1) is 0 Å². The predicted molar refractivity (Wildman–Crippen MR) is 70.4 cm³/mol. The molecule has 0 spiro atoms. The van der Waals surface area contributed by atoms with Gasteiger partial charge >= 0.3 is 0 Å². The van der Waals surface area contributed by atoms with E-state index in [1.54, 1.807) is 6.92 Å². The summed E-state index contributed by atoms with van der Waals surface area (Å²) in [6.45, 7) is 11.3. The first-order valence-electron chi connectivity index (χ1n) is 6.88. The zero-order valence-electron chi connectivity index (χ0n) is 11.9. The highest BCUT2D eigenvalue weighted by Gasteiger charge is 2.19. The molecule has 106 valence electrons. The quantitative estimate of drug-likeness (QED) is 0.665. The molecule has 1 aliphatic rings. The van der Waals surface area contributed by atoms with E-state index < -0.39 is 0 Å². The Hall–Kier alpha value is -0.650. The number of ether oxygens (including phenoxy) is 2. The minimum atomic E-state index is -0.149. The van der Waals surface area contributed by atoms with Crippen LogP contribution >= 0.6 is 0 Å². The fourth-order valence-corrected chi connectivity index (χ4v) is 2.20. The molecule has 0 aliphatic carbocycles. The highest BCUT2D eigenvalue weighted by Crippen LogP contribution is 2.06. The van der Waals surface area contributed by atoms with E-state index >= 15 is 0 Å². The summed E-state index contributed by atoms with van der Waals surface area (Å²) in [5.41, 5.74) is 0. The molecule has 5 nitrogen and oxygen atoms in total. The Morgan fingerprint density at radius 3 is 2.33 bits per heavy atom. The van der Waals surface area contributed by atoms with Crippen molar-refractivity contribution in [3.05, 3.63) is 0 Å². The van der Waals surface area contributed by atoms with Crippen LogP contribution in [0.25, 0.3) is 0 Å². The highest BCUT2D eigenvalue weighted by molar-refractivity contribution is 5.73. The molecule has 0 aromatic carbocycles. The summed E-state index contributed by atoms with van der Waals surface area (Å²) in [5, 5.41) is 0. The van der Waals surface area contributed by atoms with Crippen LogP contribution < -0.4 is 0 Å². The van der Waals surface area contributed by atoms with E-state index in [1.165, 1.54) is 0 Å². The molecule has 0 atom stereocenters. The lowest BCUT2D eigenvalue weighted by Crippen LogP contribution is -2.38.